The summed E-state index contributed by atoms with van der Waals surface area (Å²) >= 11 is 0. The first kappa shape index (κ1) is 12.6. The molecule has 0 aromatic heterocycles. The molecule has 1 aromatic carbocycles. The van der Waals surface area contributed by atoms with Gasteiger partial charge in [-0.25, -0.2) is 0 Å². The molecule has 1 saturated heterocycles. The topological polar surface area (TPSA) is 35.5 Å². The quantitative estimate of drug-likeness (QED) is 0.817. The summed E-state index contributed by atoms with van der Waals surface area (Å²) in [4.78, 5) is 2.40. The summed E-state index contributed by atoms with van der Waals surface area (Å²) in [6, 6.07) is 10.7. The van der Waals surface area contributed by atoms with Crippen molar-refractivity contribution in [3.8, 4) is 0 Å². The molecule has 3 nitrogen and oxygen atoms in total. The van der Waals surface area contributed by atoms with Crippen LogP contribution in [0.2, 0.25) is 0 Å². The number of piperazine rings is 1. The number of benzene rings is 1. The van der Waals surface area contributed by atoms with Crippen molar-refractivity contribution in [1.82, 2.24) is 10.2 Å². The van der Waals surface area contributed by atoms with Gasteiger partial charge in [0.05, 0.1) is 6.61 Å². The zero-order valence-electron chi connectivity index (χ0n) is 10.5. The number of aliphatic hydroxyl groups is 1. The fourth-order valence-electron chi connectivity index (χ4n) is 2.58. The average Bonchev–Trinajstić information content (AvgIpc) is 2.42. The molecule has 3 heteroatoms. The highest BCUT2D eigenvalue weighted by molar-refractivity contribution is 5.20. The normalized spacial score (nSPS) is 21.1. The molecule has 2 rings (SSSR count). The van der Waals surface area contributed by atoms with Crippen LogP contribution in [-0.2, 0) is 0 Å². The maximum Gasteiger partial charge on any atom is 0.0592 e. The molecule has 0 radical (unpaired) electrons. The van der Waals surface area contributed by atoms with Crippen molar-refractivity contribution in [2.75, 3.05) is 32.8 Å². The second-order valence-corrected chi connectivity index (χ2v) is 4.74. The number of nitrogens with one attached hydrogen (secondary N) is 1. The molecule has 0 saturated carbocycles. The maximum atomic E-state index is 9.65. The molecule has 17 heavy (non-hydrogen) atoms. The molecule has 0 amide bonds. The van der Waals surface area contributed by atoms with Crippen LogP contribution < -0.4 is 5.32 Å². The van der Waals surface area contributed by atoms with Gasteiger partial charge in [0.1, 0.15) is 0 Å². The van der Waals surface area contributed by atoms with Crippen LogP contribution in [0.5, 0.6) is 0 Å². The number of aliphatic hydroxyl groups excluding tert-OH is 1. The van der Waals surface area contributed by atoms with Gasteiger partial charge in [0.2, 0.25) is 0 Å². The van der Waals surface area contributed by atoms with Crippen LogP contribution in [0.3, 0.4) is 0 Å². The first-order valence-corrected chi connectivity index (χ1v) is 6.43. The van der Waals surface area contributed by atoms with E-state index in [2.05, 4.69) is 41.4 Å². The summed E-state index contributed by atoms with van der Waals surface area (Å²) in [6.07, 6.45) is 0. The van der Waals surface area contributed by atoms with Gasteiger partial charge in [0.15, 0.2) is 0 Å². The Bertz CT molecular complexity index is 322. The zero-order valence-corrected chi connectivity index (χ0v) is 10.5. The van der Waals surface area contributed by atoms with Crippen LogP contribution >= 0.6 is 0 Å². The minimum absolute atomic E-state index is 0.232. The second kappa shape index (κ2) is 6.15. The number of hydrogen-bond donors (Lipinski definition) is 2. The van der Waals surface area contributed by atoms with Gasteiger partial charge in [0.25, 0.3) is 0 Å². The van der Waals surface area contributed by atoms with Crippen LogP contribution in [0.25, 0.3) is 0 Å². The summed E-state index contributed by atoms with van der Waals surface area (Å²) in [5.74, 6) is 0.374. The third-order valence-electron chi connectivity index (χ3n) is 3.71. The zero-order chi connectivity index (χ0) is 12.1. The van der Waals surface area contributed by atoms with Crippen molar-refractivity contribution in [2.45, 2.75) is 18.9 Å². The van der Waals surface area contributed by atoms with E-state index in [0.717, 1.165) is 26.2 Å². The molecular weight excluding hydrogens is 212 g/mol. The van der Waals surface area contributed by atoms with Crippen molar-refractivity contribution in [3.05, 3.63) is 35.9 Å². The second-order valence-electron chi connectivity index (χ2n) is 4.74. The minimum Gasteiger partial charge on any atom is -0.395 e. The molecule has 2 N–H and O–H groups in total. The van der Waals surface area contributed by atoms with E-state index >= 15 is 0 Å². The minimum atomic E-state index is 0.232. The first-order chi connectivity index (χ1) is 8.33. The van der Waals surface area contributed by atoms with E-state index in [1.165, 1.54) is 5.56 Å². The molecule has 0 spiro atoms. The lowest BCUT2D eigenvalue weighted by Crippen LogP contribution is -2.51. The van der Waals surface area contributed by atoms with Crippen LogP contribution in [0.15, 0.2) is 30.3 Å². The highest BCUT2D eigenvalue weighted by Gasteiger charge is 2.25. The molecule has 1 aromatic rings. The Morgan fingerprint density at radius 2 is 1.88 bits per heavy atom. The third kappa shape index (κ3) is 3.06. The lowest BCUT2D eigenvalue weighted by atomic mass is 9.92. The van der Waals surface area contributed by atoms with Gasteiger partial charge in [-0.1, -0.05) is 37.3 Å². The number of nitrogens with zero attached hydrogens (tertiary/aromatic N) is 1. The SMILES string of the molecule is CC(c1ccccc1)C(CO)N1CCNCC1. The molecule has 0 aliphatic carbocycles. The van der Waals surface area contributed by atoms with Gasteiger partial charge in [0, 0.05) is 32.2 Å². The van der Waals surface area contributed by atoms with Crippen LogP contribution in [0.1, 0.15) is 18.4 Å². The lowest BCUT2D eigenvalue weighted by Gasteiger charge is -2.37. The van der Waals surface area contributed by atoms with Gasteiger partial charge >= 0.3 is 0 Å². The summed E-state index contributed by atoms with van der Waals surface area (Å²) < 4.78 is 0. The molecule has 1 heterocycles. The molecule has 94 valence electrons. The fraction of sp³-hybridized carbons (Fsp3) is 0.571. The Morgan fingerprint density at radius 1 is 1.24 bits per heavy atom. The lowest BCUT2D eigenvalue weighted by molar-refractivity contribution is 0.0953. The summed E-state index contributed by atoms with van der Waals surface area (Å²) in [5, 5.41) is 13.0. The maximum absolute atomic E-state index is 9.65. The van der Waals surface area contributed by atoms with Gasteiger partial charge in [-0.15, -0.1) is 0 Å². The molecular formula is C14H22N2O. The van der Waals surface area contributed by atoms with Crippen LogP contribution in [-0.4, -0.2) is 48.8 Å². The van der Waals surface area contributed by atoms with Crippen molar-refractivity contribution >= 4 is 0 Å². The summed E-state index contributed by atoms with van der Waals surface area (Å²) in [6.45, 7) is 6.55. The summed E-state index contributed by atoms with van der Waals surface area (Å²) in [7, 11) is 0. The van der Waals surface area contributed by atoms with Gasteiger partial charge in [-0.3, -0.25) is 4.90 Å². The molecule has 1 aliphatic heterocycles. The van der Waals surface area contributed by atoms with E-state index in [4.69, 9.17) is 0 Å². The monoisotopic (exact) mass is 234 g/mol. The van der Waals surface area contributed by atoms with E-state index < -0.39 is 0 Å². The van der Waals surface area contributed by atoms with E-state index in [9.17, 15) is 5.11 Å². The summed E-state index contributed by atoms with van der Waals surface area (Å²) in [5.41, 5.74) is 1.31. The first-order valence-electron chi connectivity index (χ1n) is 6.43. The predicted molar refractivity (Wildman–Crippen MR) is 70.2 cm³/mol. The van der Waals surface area contributed by atoms with Gasteiger partial charge in [-0.2, -0.15) is 0 Å². The largest absolute Gasteiger partial charge is 0.395 e. The standard InChI is InChI=1S/C14H22N2O/c1-12(13-5-3-2-4-6-13)14(11-17)16-9-7-15-8-10-16/h2-6,12,14-15,17H,7-11H2,1H3. The Hall–Kier alpha value is -0.900. The highest BCUT2D eigenvalue weighted by atomic mass is 16.3. The Kier molecular flexibility index (Phi) is 4.54. The fourth-order valence-corrected chi connectivity index (χ4v) is 2.58. The van der Waals surface area contributed by atoms with Gasteiger partial charge < -0.3 is 10.4 Å². The molecule has 1 fully saturated rings. The van der Waals surface area contributed by atoms with E-state index in [0.29, 0.717) is 5.92 Å². The predicted octanol–water partition coefficient (Wildman–Crippen LogP) is 1.06. The van der Waals surface area contributed by atoms with Crippen molar-refractivity contribution < 1.29 is 5.11 Å². The molecule has 1 aliphatic rings. The molecule has 2 unspecified atom stereocenters. The third-order valence-corrected chi connectivity index (χ3v) is 3.71. The van der Waals surface area contributed by atoms with Crippen LogP contribution in [0.4, 0.5) is 0 Å². The van der Waals surface area contributed by atoms with E-state index in [1.807, 2.05) is 6.07 Å². The smallest absolute Gasteiger partial charge is 0.0592 e. The van der Waals surface area contributed by atoms with Gasteiger partial charge in [-0.05, 0) is 11.5 Å². The number of rotatable bonds is 4. The molecule has 0 bridgehead atoms. The van der Waals surface area contributed by atoms with Crippen molar-refractivity contribution in [3.63, 3.8) is 0 Å². The Morgan fingerprint density at radius 3 is 2.47 bits per heavy atom. The number of hydrogen-bond acceptors (Lipinski definition) is 3. The Balaban J connectivity index is 2.06. The Labute approximate surface area is 103 Å². The van der Waals surface area contributed by atoms with Crippen LogP contribution in [0, 0.1) is 0 Å². The van der Waals surface area contributed by atoms with Crippen molar-refractivity contribution in [2.24, 2.45) is 0 Å². The van der Waals surface area contributed by atoms with E-state index in [-0.39, 0.29) is 12.6 Å². The molecule has 2 atom stereocenters. The average molecular weight is 234 g/mol. The highest BCUT2D eigenvalue weighted by Crippen LogP contribution is 2.23. The van der Waals surface area contributed by atoms with E-state index in [1.54, 1.807) is 0 Å². The van der Waals surface area contributed by atoms with Crippen molar-refractivity contribution in [1.29, 1.82) is 0 Å².